The van der Waals surface area contributed by atoms with Crippen molar-refractivity contribution in [1.82, 2.24) is 0 Å². The first-order valence-electron chi connectivity index (χ1n) is 17.1. The molecule has 0 fully saturated rings. The Hall–Kier alpha value is -6.22. The van der Waals surface area contributed by atoms with Gasteiger partial charge < -0.3 is 4.90 Å². The fourth-order valence-corrected chi connectivity index (χ4v) is 8.85. The first-order chi connectivity index (χ1) is 24.8. The van der Waals surface area contributed by atoms with Crippen molar-refractivity contribution in [1.29, 1.82) is 0 Å². The van der Waals surface area contributed by atoms with Crippen LogP contribution in [0.5, 0.6) is 0 Å². The fourth-order valence-electron chi connectivity index (χ4n) is 7.72. The van der Waals surface area contributed by atoms with Gasteiger partial charge in [-0.2, -0.15) is 0 Å². The van der Waals surface area contributed by atoms with Crippen LogP contribution in [-0.2, 0) is 0 Å². The van der Waals surface area contributed by atoms with Crippen molar-refractivity contribution in [2.45, 2.75) is 0 Å². The van der Waals surface area contributed by atoms with E-state index in [0.29, 0.717) is 0 Å². The van der Waals surface area contributed by atoms with Gasteiger partial charge in [0.05, 0.1) is 5.69 Å². The summed E-state index contributed by atoms with van der Waals surface area (Å²) in [5.41, 5.74) is 8.35. The lowest BCUT2D eigenvalue weighted by atomic mass is 9.93. The first kappa shape index (κ1) is 28.8. The van der Waals surface area contributed by atoms with Gasteiger partial charge in [0.1, 0.15) is 0 Å². The minimum atomic E-state index is 1.12. The van der Waals surface area contributed by atoms with Gasteiger partial charge in [-0.05, 0) is 103 Å². The third-order valence-corrected chi connectivity index (χ3v) is 11.2. The molecule has 10 aromatic rings. The van der Waals surface area contributed by atoms with E-state index >= 15 is 0 Å². The SMILES string of the molecule is c1ccc2c(-c3ccc(N(c4ccc(-c5cc6ccccc6c6ccccc56)cc4)c4cccc5sc6ccccc6c45)cc3)cccc2c1. The second-order valence-electron chi connectivity index (χ2n) is 12.9. The van der Waals surface area contributed by atoms with Crippen molar-refractivity contribution < 1.29 is 0 Å². The number of benzene rings is 9. The highest BCUT2D eigenvalue weighted by Gasteiger charge is 2.19. The molecule has 0 aliphatic carbocycles. The zero-order chi connectivity index (χ0) is 33.0. The normalized spacial score (nSPS) is 11.6. The molecule has 0 atom stereocenters. The van der Waals surface area contributed by atoms with E-state index in [4.69, 9.17) is 0 Å². The van der Waals surface area contributed by atoms with Crippen LogP contribution in [0.25, 0.3) is 74.7 Å². The highest BCUT2D eigenvalue weighted by Crippen LogP contribution is 2.46. The van der Waals surface area contributed by atoms with Crippen molar-refractivity contribution in [2.75, 3.05) is 4.90 Å². The molecule has 1 heterocycles. The molecular weight excluding hydrogens is 623 g/mol. The minimum Gasteiger partial charge on any atom is -0.310 e. The number of fused-ring (bicyclic) bond motifs is 7. The summed E-state index contributed by atoms with van der Waals surface area (Å²) in [5.74, 6) is 0. The molecule has 0 amide bonds. The molecule has 0 unspecified atom stereocenters. The van der Waals surface area contributed by atoms with Crippen LogP contribution >= 0.6 is 11.3 Å². The molecule has 0 N–H and O–H groups in total. The summed E-state index contributed by atoms with van der Waals surface area (Å²) in [6.07, 6.45) is 0. The van der Waals surface area contributed by atoms with Crippen molar-refractivity contribution in [3.05, 3.63) is 188 Å². The Bertz CT molecular complexity index is 2860. The van der Waals surface area contributed by atoms with Gasteiger partial charge in [0.25, 0.3) is 0 Å². The summed E-state index contributed by atoms with van der Waals surface area (Å²) in [7, 11) is 0. The molecule has 0 aliphatic rings. The van der Waals surface area contributed by atoms with Crippen LogP contribution in [0, 0.1) is 0 Å². The van der Waals surface area contributed by atoms with Crippen LogP contribution in [0.1, 0.15) is 0 Å². The zero-order valence-corrected chi connectivity index (χ0v) is 28.1. The van der Waals surface area contributed by atoms with E-state index in [1.807, 2.05) is 11.3 Å². The van der Waals surface area contributed by atoms with Crippen LogP contribution in [0.4, 0.5) is 17.1 Å². The van der Waals surface area contributed by atoms with Gasteiger partial charge in [-0.15, -0.1) is 11.3 Å². The van der Waals surface area contributed by atoms with Crippen LogP contribution in [0.2, 0.25) is 0 Å². The summed E-state index contributed by atoms with van der Waals surface area (Å²) in [6.45, 7) is 0. The second kappa shape index (κ2) is 11.7. The van der Waals surface area contributed by atoms with Crippen molar-refractivity contribution >= 4 is 80.9 Å². The maximum Gasteiger partial charge on any atom is 0.0554 e. The van der Waals surface area contributed by atoms with E-state index in [9.17, 15) is 0 Å². The van der Waals surface area contributed by atoms with Crippen molar-refractivity contribution in [2.24, 2.45) is 0 Å². The fraction of sp³-hybridized carbons (Fsp3) is 0. The van der Waals surface area contributed by atoms with Crippen LogP contribution < -0.4 is 4.90 Å². The van der Waals surface area contributed by atoms with Gasteiger partial charge >= 0.3 is 0 Å². The molecule has 1 nitrogen and oxygen atoms in total. The lowest BCUT2D eigenvalue weighted by molar-refractivity contribution is 1.30. The average molecular weight is 654 g/mol. The number of thiophene rings is 1. The van der Waals surface area contributed by atoms with Gasteiger partial charge in [-0.25, -0.2) is 0 Å². The van der Waals surface area contributed by atoms with Crippen LogP contribution in [0.3, 0.4) is 0 Å². The highest BCUT2D eigenvalue weighted by molar-refractivity contribution is 7.26. The first-order valence-corrected chi connectivity index (χ1v) is 17.9. The summed E-state index contributed by atoms with van der Waals surface area (Å²) in [4.78, 5) is 2.43. The summed E-state index contributed by atoms with van der Waals surface area (Å²) in [5, 5.41) is 10.2. The minimum absolute atomic E-state index is 1.12. The maximum absolute atomic E-state index is 2.43. The van der Waals surface area contributed by atoms with Gasteiger partial charge in [-0.1, -0.05) is 140 Å². The topological polar surface area (TPSA) is 3.24 Å². The van der Waals surface area contributed by atoms with E-state index in [0.717, 1.165) is 11.4 Å². The Morgan fingerprint density at radius 2 is 0.880 bits per heavy atom. The average Bonchev–Trinajstić information content (AvgIpc) is 3.58. The summed E-state index contributed by atoms with van der Waals surface area (Å²) in [6, 6.07) is 68.7. The molecule has 0 saturated carbocycles. The molecule has 1 aromatic heterocycles. The molecule has 234 valence electrons. The molecule has 0 radical (unpaired) electrons. The predicted molar refractivity (Wildman–Crippen MR) is 217 cm³/mol. The molecule has 50 heavy (non-hydrogen) atoms. The third kappa shape index (κ3) is 4.69. The number of rotatable bonds is 5. The quantitative estimate of drug-likeness (QED) is 0.167. The molecule has 2 heteroatoms. The Morgan fingerprint density at radius 3 is 1.64 bits per heavy atom. The largest absolute Gasteiger partial charge is 0.310 e. The molecule has 0 spiro atoms. The molecule has 0 aliphatic heterocycles. The lowest BCUT2D eigenvalue weighted by Gasteiger charge is -2.27. The highest BCUT2D eigenvalue weighted by atomic mass is 32.1. The van der Waals surface area contributed by atoms with Crippen LogP contribution in [0.15, 0.2) is 188 Å². The van der Waals surface area contributed by atoms with E-state index < -0.39 is 0 Å². The third-order valence-electron chi connectivity index (χ3n) is 10.1. The molecule has 10 rings (SSSR count). The lowest BCUT2D eigenvalue weighted by Crippen LogP contribution is -2.10. The summed E-state index contributed by atoms with van der Waals surface area (Å²) >= 11 is 1.86. The number of hydrogen-bond donors (Lipinski definition) is 0. The number of hydrogen-bond acceptors (Lipinski definition) is 2. The van der Waals surface area contributed by atoms with Gasteiger partial charge in [-0.3, -0.25) is 0 Å². The summed E-state index contributed by atoms with van der Waals surface area (Å²) < 4.78 is 2.60. The second-order valence-corrected chi connectivity index (χ2v) is 14.0. The molecular formula is C48H31NS. The van der Waals surface area contributed by atoms with Gasteiger partial charge in [0.15, 0.2) is 0 Å². The van der Waals surface area contributed by atoms with E-state index in [2.05, 4.69) is 193 Å². The standard InChI is InChI=1S/C48H31NS/c1-3-14-38-32(11-1)13-9-19-39(38)33-23-27-36(28-24-33)49(45-20-10-22-47-48(45)43-18-7-8-21-46(43)50-47)37-29-25-34(26-30-37)44-31-35-12-2-4-15-40(35)41-16-5-6-17-42(41)44/h1-31H. The Morgan fingerprint density at radius 1 is 0.340 bits per heavy atom. The Labute approximate surface area is 294 Å². The Kier molecular flexibility index (Phi) is 6.75. The maximum atomic E-state index is 2.43. The van der Waals surface area contributed by atoms with E-state index in [-0.39, 0.29) is 0 Å². The zero-order valence-electron chi connectivity index (χ0n) is 27.3. The van der Waals surface area contributed by atoms with Gasteiger partial charge in [0.2, 0.25) is 0 Å². The smallest absolute Gasteiger partial charge is 0.0554 e. The van der Waals surface area contributed by atoms with E-state index in [1.54, 1.807) is 0 Å². The predicted octanol–water partition coefficient (Wildman–Crippen LogP) is 14.3. The van der Waals surface area contributed by atoms with E-state index in [1.165, 1.54) is 80.4 Å². The van der Waals surface area contributed by atoms with Crippen LogP contribution in [-0.4, -0.2) is 0 Å². The van der Waals surface area contributed by atoms with Crippen molar-refractivity contribution in [3.63, 3.8) is 0 Å². The monoisotopic (exact) mass is 653 g/mol. The van der Waals surface area contributed by atoms with Crippen molar-refractivity contribution in [3.8, 4) is 22.3 Å². The number of nitrogens with zero attached hydrogens (tertiary/aromatic N) is 1. The molecule has 0 saturated heterocycles. The van der Waals surface area contributed by atoms with Gasteiger partial charge in [0, 0.05) is 31.5 Å². The molecule has 9 aromatic carbocycles. The Balaban J connectivity index is 1.14. The number of anilines is 3. The molecule has 0 bridgehead atoms.